The van der Waals surface area contributed by atoms with Gasteiger partial charge in [-0.1, -0.05) is 0 Å². The molecule has 2 bridgehead atoms. The molecule has 0 aromatic heterocycles. The van der Waals surface area contributed by atoms with E-state index in [1.54, 1.807) is 0 Å². The first-order chi connectivity index (χ1) is 13.2. The van der Waals surface area contributed by atoms with Crippen molar-refractivity contribution in [2.24, 2.45) is 0 Å². The first-order valence-electron chi connectivity index (χ1n) is 9.02. The van der Waals surface area contributed by atoms with Gasteiger partial charge in [0, 0.05) is 0 Å². The van der Waals surface area contributed by atoms with E-state index >= 15 is 0 Å². The second kappa shape index (κ2) is 8.90. The second-order valence-corrected chi connectivity index (χ2v) is 14.8. The normalized spacial score (nSPS) is 29.4. The van der Waals surface area contributed by atoms with Crippen molar-refractivity contribution < 1.29 is 11.3 Å². The summed E-state index contributed by atoms with van der Waals surface area (Å²) in [5.74, 6) is 0. The fourth-order valence-corrected chi connectivity index (χ4v) is 11.6. The first kappa shape index (κ1) is 19.8. The average Bonchev–Trinajstić information content (AvgIpc) is 2.67. The van der Waals surface area contributed by atoms with Crippen LogP contribution in [0.3, 0.4) is 0 Å². The Morgan fingerprint density at radius 3 is 2.11 bits per heavy atom. The Kier molecular flexibility index (Phi) is 6.54. The molecule has 7 heteroatoms. The predicted molar refractivity (Wildman–Crippen MR) is 116 cm³/mol. The van der Waals surface area contributed by atoms with E-state index < -0.39 is 14.3 Å². The van der Waals surface area contributed by atoms with Crippen LogP contribution in [-0.4, -0.2) is 52.0 Å². The molecule has 27 heavy (non-hydrogen) atoms. The van der Waals surface area contributed by atoms with Crippen LogP contribution in [0.4, 0.5) is 0 Å². The van der Waals surface area contributed by atoms with Gasteiger partial charge in [-0.05, 0) is 0 Å². The molecule has 0 spiro atoms. The molecule has 3 fully saturated rings. The van der Waals surface area contributed by atoms with Crippen molar-refractivity contribution in [1.29, 1.82) is 0 Å². The summed E-state index contributed by atoms with van der Waals surface area (Å²) in [6.07, 6.45) is -0.0737. The van der Waals surface area contributed by atoms with Gasteiger partial charge in [-0.25, -0.2) is 0 Å². The van der Waals surface area contributed by atoms with E-state index in [9.17, 15) is 0 Å². The van der Waals surface area contributed by atoms with Gasteiger partial charge in [-0.15, -0.1) is 0 Å². The molecule has 0 amide bonds. The van der Waals surface area contributed by atoms with Crippen LogP contribution in [0, 0.1) is 0 Å². The number of benzene rings is 2. The van der Waals surface area contributed by atoms with Crippen LogP contribution in [0.25, 0.3) is 4.48 Å². The van der Waals surface area contributed by atoms with Crippen LogP contribution in [0.1, 0.15) is 17.2 Å². The number of nitrogens with zero attached hydrogens (tertiary/aromatic N) is 1. The van der Waals surface area contributed by atoms with Crippen LogP contribution in [-0.2, 0) is 11.3 Å². The molecule has 4 nitrogen and oxygen atoms in total. The molecule has 3 heterocycles. The van der Waals surface area contributed by atoms with Crippen LogP contribution in [0.5, 0.6) is 0 Å². The maximum absolute atomic E-state index is 6.71. The van der Waals surface area contributed by atoms with Crippen molar-refractivity contribution in [3.05, 3.63) is 75.1 Å². The van der Waals surface area contributed by atoms with Gasteiger partial charge in [0.2, 0.25) is 0 Å². The SMILES string of the molecule is Br/C(=[C](\Br)[Ge]12[O]CCN(CC[O]1)CC(c1ccccc1)[O]2)c1ccccc1. The number of hydrogen-bond acceptors (Lipinski definition) is 4. The molecule has 1 unspecified atom stereocenters. The molecular formula is C20H21Br2GeNO3. The van der Waals surface area contributed by atoms with Crippen molar-refractivity contribution in [1.82, 2.24) is 4.90 Å². The Morgan fingerprint density at radius 2 is 1.48 bits per heavy atom. The fourth-order valence-electron chi connectivity index (χ4n) is 3.35. The Labute approximate surface area is 180 Å². The van der Waals surface area contributed by atoms with Crippen molar-refractivity contribution >= 4 is 50.6 Å². The zero-order valence-electron chi connectivity index (χ0n) is 14.8. The Morgan fingerprint density at radius 1 is 0.889 bits per heavy atom. The molecule has 5 rings (SSSR count). The van der Waals surface area contributed by atoms with Crippen LogP contribution < -0.4 is 0 Å². The molecule has 2 aromatic rings. The molecule has 2 aromatic carbocycles. The Hall–Kier alpha value is -0.477. The van der Waals surface area contributed by atoms with Crippen molar-refractivity contribution in [3.8, 4) is 0 Å². The number of fused-ring (bicyclic) bond motifs is 6. The van der Waals surface area contributed by atoms with E-state index in [1.807, 2.05) is 24.3 Å². The summed E-state index contributed by atoms with van der Waals surface area (Å²) in [5.41, 5.74) is 2.23. The molecule has 3 aliphatic rings. The quantitative estimate of drug-likeness (QED) is 0.512. The fraction of sp³-hybridized carbons (Fsp3) is 0.300. The third-order valence-corrected chi connectivity index (χ3v) is 15.2. The zero-order valence-corrected chi connectivity index (χ0v) is 20.1. The van der Waals surface area contributed by atoms with Crippen LogP contribution in [0.2, 0.25) is 0 Å². The second-order valence-electron chi connectivity index (χ2n) is 6.56. The summed E-state index contributed by atoms with van der Waals surface area (Å²) in [5, 5.41) is 0. The van der Waals surface area contributed by atoms with Gasteiger partial charge >= 0.3 is 181 Å². The topological polar surface area (TPSA) is 30.9 Å². The van der Waals surface area contributed by atoms with Gasteiger partial charge in [0.1, 0.15) is 0 Å². The van der Waals surface area contributed by atoms with Crippen LogP contribution >= 0.6 is 31.9 Å². The maximum atomic E-state index is 6.71. The van der Waals surface area contributed by atoms with E-state index in [1.165, 1.54) is 0 Å². The zero-order chi connectivity index (χ0) is 18.7. The standard InChI is InChI=1S/C20H21Br2GeNO3/c21-19(17-9-5-2-6-10-17)20(22)23-25-13-11-24(12-14-26-23)15-18(27-23)16-7-3-1-4-8-16/h1-10,18H,11-15H2/b20-19+. The van der Waals surface area contributed by atoms with Gasteiger partial charge in [-0.2, -0.15) is 0 Å². The molecule has 3 saturated heterocycles. The summed E-state index contributed by atoms with van der Waals surface area (Å²) in [4.78, 5) is 2.35. The first-order valence-corrected chi connectivity index (χ1v) is 14.2. The summed E-state index contributed by atoms with van der Waals surface area (Å²) < 4.78 is 21.3. The molecule has 0 radical (unpaired) electrons. The Bertz CT molecular complexity index is 793. The predicted octanol–water partition coefficient (Wildman–Crippen LogP) is 4.74. The van der Waals surface area contributed by atoms with Gasteiger partial charge in [0.25, 0.3) is 0 Å². The van der Waals surface area contributed by atoms with Gasteiger partial charge in [0.15, 0.2) is 0 Å². The molecule has 142 valence electrons. The third kappa shape index (κ3) is 4.42. The number of hydrogen-bond donors (Lipinski definition) is 0. The van der Waals surface area contributed by atoms with Crippen molar-refractivity contribution in [3.63, 3.8) is 0 Å². The molecule has 0 aliphatic carbocycles. The van der Waals surface area contributed by atoms with Gasteiger partial charge < -0.3 is 0 Å². The molecule has 1 atom stereocenters. The van der Waals surface area contributed by atoms with Gasteiger partial charge in [-0.3, -0.25) is 0 Å². The molecule has 0 N–H and O–H groups in total. The number of halogens is 2. The van der Waals surface area contributed by atoms with E-state index in [0.717, 1.165) is 38.6 Å². The van der Waals surface area contributed by atoms with E-state index in [0.29, 0.717) is 13.2 Å². The van der Waals surface area contributed by atoms with Gasteiger partial charge in [0.05, 0.1) is 0 Å². The summed E-state index contributed by atoms with van der Waals surface area (Å²) in [7, 11) is 0. The minimum absolute atomic E-state index is 0.0737. The average molecular weight is 556 g/mol. The summed E-state index contributed by atoms with van der Waals surface area (Å²) >= 11 is 3.82. The third-order valence-electron chi connectivity index (χ3n) is 4.78. The molecule has 0 saturated carbocycles. The monoisotopic (exact) mass is 555 g/mol. The summed E-state index contributed by atoms with van der Waals surface area (Å²) in [6, 6.07) is 20.5. The van der Waals surface area contributed by atoms with Crippen molar-refractivity contribution in [2.75, 3.05) is 32.8 Å². The molecule has 3 aliphatic heterocycles. The van der Waals surface area contributed by atoms with E-state index in [2.05, 4.69) is 73.2 Å². The summed E-state index contributed by atoms with van der Waals surface area (Å²) in [6.45, 7) is 3.88. The number of rotatable bonds is 3. The minimum atomic E-state index is -3.74. The Balaban J connectivity index is 1.74. The van der Waals surface area contributed by atoms with E-state index in [-0.39, 0.29) is 6.10 Å². The van der Waals surface area contributed by atoms with E-state index in [4.69, 9.17) is 11.3 Å². The molecular weight excluding hydrogens is 535 g/mol. The van der Waals surface area contributed by atoms with Crippen molar-refractivity contribution in [2.45, 2.75) is 6.10 Å². The van der Waals surface area contributed by atoms with Crippen LogP contribution in [0.15, 0.2) is 64.0 Å².